The fourth-order valence-electron chi connectivity index (χ4n) is 2.11. The summed E-state index contributed by atoms with van der Waals surface area (Å²) >= 11 is 1.67. The summed E-state index contributed by atoms with van der Waals surface area (Å²) in [5.74, 6) is 0.868. The van der Waals surface area contributed by atoms with Crippen LogP contribution in [0.25, 0.3) is 0 Å². The Morgan fingerprint density at radius 2 is 2.05 bits per heavy atom. The summed E-state index contributed by atoms with van der Waals surface area (Å²) in [6.45, 7) is 8.90. The number of methoxy groups -OCH3 is 1. The number of aromatic nitrogens is 3. The molecule has 1 N–H and O–H groups in total. The molecule has 0 fully saturated rings. The molecule has 2 aromatic heterocycles. The fourth-order valence-corrected chi connectivity index (χ4v) is 2.91. The van der Waals surface area contributed by atoms with E-state index in [1.54, 1.807) is 18.4 Å². The Balaban J connectivity index is 2.16. The largest absolute Gasteiger partial charge is 0.383 e. The summed E-state index contributed by atoms with van der Waals surface area (Å²) in [5, 5.41) is 6.59. The first-order valence-corrected chi connectivity index (χ1v) is 7.62. The number of nitrogens with zero attached hydrogens (tertiary/aromatic N) is 3. The molecule has 0 bridgehead atoms. The number of aryl methyl sites for hydroxylation is 2. The van der Waals surface area contributed by atoms with Crippen LogP contribution in [0.1, 0.15) is 42.3 Å². The summed E-state index contributed by atoms with van der Waals surface area (Å²) in [4.78, 5) is 9.08. The van der Waals surface area contributed by atoms with Gasteiger partial charge in [-0.05, 0) is 27.7 Å². The molecule has 2 unspecified atom stereocenters. The fraction of sp³-hybridized carbons (Fsp3) is 0.571. The van der Waals surface area contributed by atoms with E-state index in [4.69, 9.17) is 4.74 Å². The Bertz CT molecular complexity index is 563. The number of hydrogen-bond acceptors (Lipinski definition) is 5. The van der Waals surface area contributed by atoms with Crippen molar-refractivity contribution in [2.45, 2.75) is 39.8 Å². The molecule has 110 valence electrons. The molecule has 2 heterocycles. The number of anilines is 1. The SMILES string of the molecule is COCC(C)n1cc(C)nc1NC(C)c1nc(C)cs1. The average Bonchev–Trinajstić information content (AvgIpc) is 2.96. The van der Waals surface area contributed by atoms with E-state index in [0.717, 1.165) is 22.3 Å². The van der Waals surface area contributed by atoms with E-state index in [1.807, 2.05) is 20.0 Å². The summed E-state index contributed by atoms with van der Waals surface area (Å²) in [6.07, 6.45) is 2.05. The van der Waals surface area contributed by atoms with Crippen molar-refractivity contribution < 1.29 is 4.74 Å². The summed E-state index contributed by atoms with van der Waals surface area (Å²) in [7, 11) is 1.72. The normalized spacial score (nSPS) is 14.2. The minimum atomic E-state index is 0.143. The van der Waals surface area contributed by atoms with Gasteiger partial charge in [0.25, 0.3) is 0 Å². The Morgan fingerprint density at radius 1 is 1.30 bits per heavy atom. The van der Waals surface area contributed by atoms with E-state index < -0.39 is 0 Å². The maximum absolute atomic E-state index is 5.23. The van der Waals surface area contributed by atoms with Crippen molar-refractivity contribution in [2.24, 2.45) is 0 Å². The number of rotatable bonds is 6. The van der Waals surface area contributed by atoms with Gasteiger partial charge in [0.2, 0.25) is 5.95 Å². The molecule has 2 aromatic rings. The van der Waals surface area contributed by atoms with Crippen LogP contribution in [0.3, 0.4) is 0 Å². The van der Waals surface area contributed by atoms with Gasteiger partial charge >= 0.3 is 0 Å². The molecule has 2 rings (SSSR count). The summed E-state index contributed by atoms with van der Waals surface area (Å²) in [5.41, 5.74) is 2.06. The molecular weight excluding hydrogens is 272 g/mol. The Kier molecular flexibility index (Phi) is 4.77. The first-order chi connectivity index (χ1) is 9.51. The lowest BCUT2D eigenvalue weighted by atomic mass is 10.3. The van der Waals surface area contributed by atoms with Gasteiger partial charge in [0.15, 0.2) is 0 Å². The van der Waals surface area contributed by atoms with Crippen LogP contribution >= 0.6 is 11.3 Å². The summed E-state index contributed by atoms with van der Waals surface area (Å²) in [6, 6.07) is 0.387. The minimum absolute atomic E-state index is 0.143. The van der Waals surface area contributed by atoms with Crippen LogP contribution in [0, 0.1) is 13.8 Å². The van der Waals surface area contributed by atoms with Crippen LogP contribution in [0.4, 0.5) is 5.95 Å². The zero-order chi connectivity index (χ0) is 14.7. The van der Waals surface area contributed by atoms with Crippen LogP contribution in [-0.4, -0.2) is 28.3 Å². The molecule has 0 radical (unpaired) electrons. The lowest BCUT2D eigenvalue weighted by Gasteiger charge is -2.18. The van der Waals surface area contributed by atoms with Gasteiger partial charge in [-0.1, -0.05) is 0 Å². The zero-order valence-corrected chi connectivity index (χ0v) is 13.5. The highest BCUT2D eigenvalue weighted by Crippen LogP contribution is 2.24. The van der Waals surface area contributed by atoms with Gasteiger partial charge < -0.3 is 14.6 Å². The Morgan fingerprint density at radius 3 is 2.65 bits per heavy atom. The second-order valence-electron chi connectivity index (χ2n) is 5.11. The first kappa shape index (κ1) is 15.0. The zero-order valence-electron chi connectivity index (χ0n) is 12.7. The molecule has 0 aliphatic rings. The second-order valence-corrected chi connectivity index (χ2v) is 6.00. The molecule has 0 saturated heterocycles. The van der Waals surface area contributed by atoms with E-state index in [1.165, 1.54) is 0 Å². The highest BCUT2D eigenvalue weighted by molar-refractivity contribution is 7.09. The smallest absolute Gasteiger partial charge is 0.203 e. The Labute approximate surface area is 124 Å². The number of ether oxygens (including phenoxy) is 1. The van der Waals surface area contributed by atoms with Crippen molar-refractivity contribution in [3.8, 4) is 0 Å². The Hall–Kier alpha value is -1.40. The van der Waals surface area contributed by atoms with Crippen molar-refractivity contribution in [2.75, 3.05) is 19.0 Å². The third-order valence-electron chi connectivity index (χ3n) is 3.09. The van der Waals surface area contributed by atoms with Gasteiger partial charge in [-0.15, -0.1) is 11.3 Å². The number of nitrogens with one attached hydrogen (secondary N) is 1. The van der Waals surface area contributed by atoms with Crippen LogP contribution in [0.2, 0.25) is 0 Å². The van der Waals surface area contributed by atoms with Gasteiger partial charge in [0, 0.05) is 24.4 Å². The molecule has 0 aliphatic heterocycles. The van der Waals surface area contributed by atoms with E-state index in [-0.39, 0.29) is 12.1 Å². The average molecular weight is 294 g/mol. The lowest BCUT2D eigenvalue weighted by molar-refractivity contribution is 0.163. The summed E-state index contributed by atoms with van der Waals surface area (Å²) < 4.78 is 7.35. The van der Waals surface area contributed by atoms with Crippen LogP contribution in [0.5, 0.6) is 0 Å². The molecule has 0 aliphatic carbocycles. The molecular formula is C14H22N4OS. The highest BCUT2D eigenvalue weighted by atomic mass is 32.1. The molecule has 0 aromatic carbocycles. The molecule has 5 nitrogen and oxygen atoms in total. The van der Waals surface area contributed by atoms with E-state index >= 15 is 0 Å². The second kappa shape index (κ2) is 6.37. The van der Waals surface area contributed by atoms with Crippen LogP contribution < -0.4 is 5.32 Å². The quantitative estimate of drug-likeness (QED) is 0.888. The number of thiazole rings is 1. The maximum Gasteiger partial charge on any atom is 0.203 e. The topological polar surface area (TPSA) is 52.0 Å². The van der Waals surface area contributed by atoms with Gasteiger partial charge in [0.05, 0.1) is 24.4 Å². The third-order valence-corrected chi connectivity index (χ3v) is 4.23. The number of hydrogen-bond donors (Lipinski definition) is 1. The van der Waals surface area contributed by atoms with E-state index in [2.05, 4.69) is 39.1 Å². The molecule has 0 saturated carbocycles. The van der Waals surface area contributed by atoms with Crippen molar-refractivity contribution >= 4 is 17.3 Å². The van der Waals surface area contributed by atoms with Crippen molar-refractivity contribution in [1.29, 1.82) is 0 Å². The van der Waals surface area contributed by atoms with Crippen molar-refractivity contribution in [1.82, 2.24) is 14.5 Å². The van der Waals surface area contributed by atoms with Crippen molar-refractivity contribution in [3.63, 3.8) is 0 Å². The molecule has 20 heavy (non-hydrogen) atoms. The maximum atomic E-state index is 5.23. The highest BCUT2D eigenvalue weighted by Gasteiger charge is 2.16. The first-order valence-electron chi connectivity index (χ1n) is 6.74. The predicted molar refractivity (Wildman–Crippen MR) is 82.4 cm³/mol. The molecule has 6 heteroatoms. The monoisotopic (exact) mass is 294 g/mol. The minimum Gasteiger partial charge on any atom is -0.383 e. The van der Waals surface area contributed by atoms with Gasteiger partial charge in [-0.2, -0.15) is 0 Å². The van der Waals surface area contributed by atoms with Crippen LogP contribution in [-0.2, 0) is 4.74 Å². The van der Waals surface area contributed by atoms with Gasteiger partial charge in [0.1, 0.15) is 5.01 Å². The van der Waals surface area contributed by atoms with E-state index in [9.17, 15) is 0 Å². The lowest BCUT2D eigenvalue weighted by Crippen LogP contribution is -2.16. The molecule has 0 spiro atoms. The molecule has 2 atom stereocenters. The van der Waals surface area contributed by atoms with E-state index in [0.29, 0.717) is 6.61 Å². The van der Waals surface area contributed by atoms with Gasteiger partial charge in [-0.25, -0.2) is 9.97 Å². The van der Waals surface area contributed by atoms with Crippen molar-refractivity contribution in [3.05, 3.63) is 28.0 Å². The standard InChI is InChI=1S/C14H22N4OS/c1-9-6-18(11(3)7-19-5)14(16-9)17-12(4)13-15-10(2)8-20-13/h6,8,11-12H,7H2,1-5H3,(H,16,17). The van der Waals surface area contributed by atoms with Crippen LogP contribution in [0.15, 0.2) is 11.6 Å². The van der Waals surface area contributed by atoms with Gasteiger partial charge in [-0.3, -0.25) is 0 Å². The molecule has 0 amide bonds. The predicted octanol–water partition coefficient (Wildman–Crippen LogP) is 3.34. The number of imidazole rings is 1. The third kappa shape index (κ3) is 3.37.